The lowest BCUT2D eigenvalue weighted by molar-refractivity contribution is -0.137. The van der Waals surface area contributed by atoms with Gasteiger partial charge in [0, 0.05) is 30.2 Å². The Balaban J connectivity index is 1.74. The molecule has 0 saturated carbocycles. The maximum atomic E-state index is 12.8. The van der Waals surface area contributed by atoms with Crippen molar-refractivity contribution < 1.29 is 22.8 Å². The number of amides is 2. The Morgan fingerprint density at radius 1 is 1.38 bits per heavy atom. The molecule has 0 spiro atoms. The highest BCUT2D eigenvalue weighted by molar-refractivity contribution is 7.13. The van der Waals surface area contributed by atoms with Gasteiger partial charge in [-0.15, -0.1) is 11.3 Å². The maximum Gasteiger partial charge on any atom is 0.416 e. The molecular formula is C15H12F3N3O2S. The molecule has 0 aliphatic carbocycles. The zero-order chi connectivity index (χ0) is 17.3. The van der Waals surface area contributed by atoms with E-state index in [1.165, 1.54) is 34.6 Å². The summed E-state index contributed by atoms with van der Waals surface area (Å²) in [7, 11) is 0. The third-order valence-corrected chi connectivity index (χ3v) is 4.33. The van der Waals surface area contributed by atoms with Gasteiger partial charge in [-0.25, -0.2) is 4.98 Å². The SMILES string of the molecule is O=C(Nc1nccs1)[C@H]1CC(=O)N(c2cccc(C(F)(F)F)c2)C1. The Bertz CT molecular complexity index is 762. The molecule has 0 unspecified atom stereocenters. The lowest BCUT2D eigenvalue weighted by Crippen LogP contribution is -2.28. The van der Waals surface area contributed by atoms with Crippen molar-refractivity contribution in [2.45, 2.75) is 12.6 Å². The van der Waals surface area contributed by atoms with E-state index in [4.69, 9.17) is 0 Å². The topological polar surface area (TPSA) is 62.3 Å². The number of carbonyl (C=O) groups excluding carboxylic acids is 2. The molecule has 1 fully saturated rings. The summed E-state index contributed by atoms with van der Waals surface area (Å²) in [6.45, 7) is 0.0390. The lowest BCUT2D eigenvalue weighted by atomic mass is 10.1. The summed E-state index contributed by atoms with van der Waals surface area (Å²) in [6, 6.07) is 4.53. The van der Waals surface area contributed by atoms with E-state index in [2.05, 4.69) is 10.3 Å². The van der Waals surface area contributed by atoms with E-state index in [0.717, 1.165) is 12.1 Å². The number of carbonyl (C=O) groups is 2. The maximum absolute atomic E-state index is 12.8. The normalized spacial score (nSPS) is 18.0. The van der Waals surface area contributed by atoms with Gasteiger partial charge in [0.1, 0.15) is 0 Å². The summed E-state index contributed by atoms with van der Waals surface area (Å²) in [6.07, 6.45) is -3.00. The van der Waals surface area contributed by atoms with Gasteiger partial charge in [-0.2, -0.15) is 13.2 Å². The van der Waals surface area contributed by atoms with Gasteiger partial charge >= 0.3 is 6.18 Å². The molecule has 1 aromatic carbocycles. The summed E-state index contributed by atoms with van der Waals surface area (Å²) < 4.78 is 38.4. The highest BCUT2D eigenvalue weighted by atomic mass is 32.1. The number of rotatable bonds is 3. The van der Waals surface area contributed by atoms with Crippen LogP contribution in [0, 0.1) is 5.92 Å². The van der Waals surface area contributed by atoms with E-state index < -0.39 is 17.7 Å². The zero-order valence-corrected chi connectivity index (χ0v) is 13.0. The van der Waals surface area contributed by atoms with Crippen molar-refractivity contribution in [2.24, 2.45) is 5.92 Å². The van der Waals surface area contributed by atoms with Crippen LogP contribution in [0.3, 0.4) is 0 Å². The van der Waals surface area contributed by atoms with Gasteiger partial charge in [0.05, 0.1) is 11.5 Å². The minimum absolute atomic E-state index is 0.0390. The van der Waals surface area contributed by atoms with Crippen molar-refractivity contribution in [3.8, 4) is 0 Å². The van der Waals surface area contributed by atoms with Crippen molar-refractivity contribution in [3.05, 3.63) is 41.4 Å². The summed E-state index contributed by atoms with van der Waals surface area (Å²) in [4.78, 5) is 29.4. The Morgan fingerprint density at radius 2 is 2.17 bits per heavy atom. The first-order chi connectivity index (χ1) is 11.3. The van der Waals surface area contributed by atoms with Crippen molar-refractivity contribution in [1.29, 1.82) is 0 Å². The van der Waals surface area contributed by atoms with E-state index in [1.54, 1.807) is 5.38 Å². The number of hydrogen-bond acceptors (Lipinski definition) is 4. The molecule has 1 aliphatic heterocycles. The van der Waals surface area contributed by atoms with Crippen LogP contribution in [0.1, 0.15) is 12.0 Å². The lowest BCUT2D eigenvalue weighted by Gasteiger charge is -2.18. The third-order valence-electron chi connectivity index (χ3n) is 3.64. The Morgan fingerprint density at radius 3 is 2.83 bits per heavy atom. The molecule has 1 saturated heterocycles. The van der Waals surface area contributed by atoms with Gasteiger partial charge in [-0.05, 0) is 18.2 Å². The summed E-state index contributed by atoms with van der Waals surface area (Å²) in [5.74, 6) is -1.38. The quantitative estimate of drug-likeness (QED) is 0.920. The number of anilines is 2. The second-order valence-corrected chi connectivity index (χ2v) is 6.17. The molecule has 2 heterocycles. The van der Waals surface area contributed by atoms with Gasteiger partial charge < -0.3 is 10.2 Å². The second-order valence-electron chi connectivity index (χ2n) is 5.28. The molecule has 2 aromatic rings. The number of benzene rings is 1. The van der Waals surface area contributed by atoms with Crippen molar-refractivity contribution in [3.63, 3.8) is 0 Å². The van der Waals surface area contributed by atoms with Crippen LogP contribution in [0.25, 0.3) is 0 Å². The van der Waals surface area contributed by atoms with Crippen molar-refractivity contribution >= 4 is 34.0 Å². The molecule has 1 aliphatic rings. The highest BCUT2D eigenvalue weighted by Crippen LogP contribution is 2.33. The van der Waals surface area contributed by atoms with Crippen LogP contribution in [-0.4, -0.2) is 23.3 Å². The number of nitrogens with zero attached hydrogens (tertiary/aromatic N) is 2. The molecule has 24 heavy (non-hydrogen) atoms. The number of nitrogens with one attached hydrogen (secondary N) is 1. The van der Waals surface area contributed by atoms with Gasteiger partial charge in [0.25, 0.3) is 0 Å². The Labute approximate surface area is 139 Å². The average molecular weight is 355 g/mol. The number of thiazole rings is 1. The standard InChI is InChI=1S/C15H12F3N3O2S/c16-15(17,18)10-2-1-3-11(7-10)21-8-9(6-12(21)22)13(23)20-14-19-4-5-24-14/h1-5,7,9H,6,8H2,(H,19,20,23)/t9-/m0/s1. The predicted octanol–water partition coefficient (Wildman–Crippen LogP) is 3.15. The molecule has 0 bridgehead atoms. The minimum Gasteiger partial charge on any atom is -0.312 e. The van der Waals surface area contributed by atoms with Crippen molar-refractivity contribution in [1.82, 2.24) is 4.98 Å². The van der Waals surface area contributed by atoms with Gasteiger partial charge in [-0.3, -0.25) is 9.59 Å². The number of alkyl halides is 3. The van der Waals surface area contributed by atoms with Crippen LogP contribution >= 0.6 is 11.3 Å². The first kappa shape index (κ1) is 16.4. The largest absolute Gasteiger partial charge is 0.416 e. The molecule has 2 amide bonds. The predicted molar refractivity (Wildman–Crippen MR) is 82.6 cm³/mol. The smallest absolute Gasteiger partial charge is 0.312 e. The van der Waals surface area contributed by atoms with Crippen LogP contribution < -0.4 is 10.2 Å². The fraction of sp³-hybridized carbons (Fsp3) is 0.267. The van der Waals surface area contributed by atoms with Crippen LogP contribution in [-0.2, 0) is 15.8 Å². The second kappa shape index (κ2) is 6.23. The van der Waals surface area contributed by atoms with Gasteiger partial charge in [-0.1, -0.05) is 6.07 Å². The minimum atomic E-state index is -4.49. The fourth-order valence-corrected chi connectivity index (χ4v) is 3.01. The first-order valence-electron chi connectivity index (χ1n) is 7.02. The summed E-state index contributed by atoms with van der Waals surface area (Å²) in [5.41, 5.74) is -0.692. The van der Waals surface area contributed by atoms with E-state index in [1.807, 2.05) is 0 Å². The van der Waals surface area contributed by atoms with Gasteiger partial charge in [0.2, 0.25) is 11.8 Å². The van der Waals surface area contributed by atoms with E-state index in [9.17, 15) is 22.8 Å². The van der Waals surface area contributed by atoms with Gasteiger partial charge in [0.15, 0.2) is 5.13 Å². The third kappa shape index (κ3) is 3.40. The van der Waals surface area contributed by atoms with E-state index in [-0.39, 0.29) is 30.5 Å². The Hall–Kier alpha value is -2.42. The molecule has 9 heteroatoms. The molecule has 1 aromatic heterocycles. The van der Waals surface area contributed by atoms with Crippen LogP contribution in [0.2, 0.25) is 0 Å². The fourth-order valence-electron chi connectivity index (χ4n) is 2.48. The van der Waals surface area contributed by atoms with Crippen molar-refractivity contribution in [2.75, 3.05) is 16.8 Å². The van der Waals surface area contributed by atoms with Crippen LogP contribution in [0.15, 0.2) is 35.8 Å². The molecule has 1 atom stereocenters. The van der Waals surface area contributed by atoms with Crippen LogP contribution in [0.5, 0.6) is 0 Å². The molecule has 0 radical (unpaired) electrons. The Kier molecular flexibility index (Phi) is 4.27. The number of hydrogen-bond donors (Lipinski definition) is 1. The molecule has 5 nitrogen and oxygen atoms in total. The summed E-state index contributed by atoms with van der Waals surface area (Å²) in [5, 5.41) is 4.72. The molecule has 3 rings (SSSR count). The monoisotopic (exact) mass is 355 g/mol. The highest BCUT2D eigenvalue weighted by Gasteiger charge is 2.37. The van der Waals surface area contributed by atoms with E-state index in [0.29, 0.717) is 5.13 Å². The zero-order valence-electron chi connectivity index (χ0n) is 12.2. The molecule has 1 N–H and O–H groups in total. The number of halogens is 3. The molecule has 126 valence electrons. The van der Waals surface area contributed by atoms with E-state index >= 15 is 0 Å². The average Bonchev–Trinajstić information content (AvgIpc) is 3.16. The summed E-state index contributed by atoms with van der Waals surface area (Å²) >= 11 is 1.25. The molecular weight excluding hydrogens is 343 g/mol. The van der Waals surface area contributed by atoms with Crippen LogP contribution in [0.4, 0.5) is 24.0 Å². The number of aromatic nitrogens is 1. The first-order valence-corrected chi connectivity index (χ1v) is 7.90.